The van der Waals surface area contributed by atoms with E-state index in [4.69, 9.17) is 11.6 Å². The number of hydrogen-bond donors (Lipinski definition) is 1. The molecule has 1 saturated carbocycles. The minimum absolute atomic E-state index is 0.496. The molecule has 0 unspecified atom stereocenters. The summed E-state index contributed by atoms with van der Waals surface area (Å²) < 4.78 is 1.98. The normalized spacial score (nSPS) is 21.4. The van der Waals surface area contributed by atoms with E-state index in [1.165, 1.54) is 5.56 Å². The third kappa shape index (κ3) is 3.18. The summed E-state index contributed by atoms with van der Waals surface area (Å²) in [5, 5.41) is 3.99. The van der Waals surface area contributed by atoms with Gasteiger partial charge in [0.25, 0.3) is 0 Å². The molecule has 1 aliphatic carbocycles. The van der Waals surface area contributed by atoms with Gasteiger partial charge in [0.15, 0.2) is 0 Å². The highest BCUT2D eigenvalue weighted by atomic mass is 79.9. The number of hydrogen-bond acceptors (Lipinski definition) is 2. The molecule has 104 valence electrons. The fourth-order valence-electron chi connectivity index (χ4n) is 2.50. The van der Waals surface area contributed by atoms with Crippen LogP contribution in [-0.4, -0.2) is 11.0 Å². The molecule has 3 rings (SSSR count). The maximum atomic E-state index is 5.89. The van der Waals surface area contributed by atoms with Gasteiger partial charge >= 0.3 is 0 Å². The highest BCUT2D eigenvalue weighted by Crippen LogP contribution is 2.39. The number of nitrogens with zero attached hydrogens (tertiary/aromatic N) is 1. The maximum absolute atomic E-state index is 5.89. The average Bonchev–Trinajstić information content (AvgIpc) is 2.37. The van der Waals surface area contributed by atoms with Crippen molar-refractivity contribution in [2.24, 2.45) is 0 Å². The molecule has 2 aromatic rings. The predicted octanol–water partition coefficient (Wildman–Crippen LogP) is 5.62. The van der Waals surface area contributed by atoms with Gasteiger partial charge in [0.2, 0.25) is 0 Å². The van der Waals surface area contributed by atoms with Gasteiger partial charge < -0.3 is 5.32 Å². The lowest BCUT2D eigenvalue weighted by atomic mass is 9.76. The van der Waals surface area contributed by atoms with Crippen LogP contribution in [0.15, 0.2) is 45.5 Å². The van der Waals surface area contributed by atoms with Gasteiger partial charge in [0, 0.05) is 10.5 Å². The van der Waals surface area contributed by atoms with Crippen LogP contribution in [0.2, 0.25) is 5.15 Å². The molecule has 2 nitrogen and oxygen atoms in total. The first kappa shape index (κ1) is 14.4. The summed E-state index contributed by atoms with van der Waals surface area (Å²) in [4.78, 5) is 4.13. The Morgan fingerprint density at radius 2 is 2.00 bits per heavy atom. The average molecular weight is 417 g/mol. The molecule has 1 fully saturated rings. The van der Waals surface area contributed by atoms with Crippen LogP contribution in [0.3, 0.4) is 0 Å². The van der Waals surface area contributed by atoms with E-state index < -0.39 is 0 Å². The number of benzene rings is 1. The first-order chi connectivity index (χ1) is 9.61. The van der Waals surface area contributed by atoms with Gasteiger partial charge in [-0.1, -0.05) is 39.7 Å². The minimum atomic E-state index is 0.496. The Bertz CT molecular complexity index is 627. The molecule has 0 atom stereocenters. The SMILES string of the molecule is Clc1ncc(NC2CC(c3cccc(Br)c3)C2)cc1Br. The number of nitrogens with one attached hydrogen (secondary N) is 1. The van der Waals surface area contributed by atoms with Crippen LogP contribution >= 0.6 is 43.5 Å². The molecular formula is C15H13Br2ClN2. The van der Waals surface area contributed by atoms with Crippen molar-refractivity contribution in [2.75, 3.05) is 5.32 Å². The molecule has 20 heavy (non-hydrogen) atoms. The van der Waals surface area contributed by atoms with Gasteiger partial charge in [-0.2, -0.15) is 0 Å². The Hall–Kier alpha value is -0.580. The first-order valence-electron chi connectivity index (χ1n) is 6.45. The fourth-order valence-corrected chi connectivity index (χ4v) is 3.37. The predicted molar refractivity (Wildman–Crippen MR) is 90.5 cm³/mol. The van der Waals surface area contributed by atoms with Crippen molar-refractivity contribution >= 4 is 49.1 Å². The lowest BCUT2D eigenvalue weighted by Gasteiger charge is -2.37. The number of anilines is 1. The summed E-state index contributed by atoms with van der Waals surface area (Å²) in [5.74, 6) is 0.647. The lowest BCUT2D eigenvalue weighted by molar-refractivity contribution is 0.374. The summed E-state index contributed by atoms with van der Waals surface area (Å²) in [6.07, 6.45) is 4.08. The van der Waals surface area contributed by atoms with Crippen molar-refractivity contribution in [1.82, 2.24) is 4.98 Å². The molecule has 5 heteroatoms. The standard InChI is InChI=1S/C15H13Br2ClN2/c16-11-3-1-2-9(4-11)10-5-12(6-10)20-13-7-14(17)15(18)19-8-13/h1-4,7-8,10,12,20H,5-6H2. The molecule has 0 aliphatic heterocycles. The molecule has 1 aromatic heterocycles. The van der Waals surface area contributed by atoms with Gasteiger partial charge in [-0.25, -0.2) is 4.98 Å². The summed E-state index contributed by atoms with van der Waals surface area (Å²) in [5.41, 5.74) is 2.42. The summed E-state index contributed by atoms with van der Waals surface area (Å²) in [6, 6.07) is 11.1. The van der Waals surface area contributed by atoms with Crippen LogP contribution in [0, 0.1) is 0 Å². The van der Waals surface area contributed by atoms with Crippen LogP contribution in [0.1, 0.15) is 24.3 Å². The van der Waals surface area contributed by atoms with Crippen LogP contribution in [0.25, 0.3) is 0 Å². The summed E-state index contributed by atoms with van der Waals surface area (Å²) >= 11 is 12.8. The molecule has 1 aromatic carbocycles. The van der Waals surface area contributed by atoms with Crippen LogP contribution in [0.5, 0.6) is 0 Å². The van der Waals surface area contributed by atoms with E-state index >= 15 is 0 Å². The Balaban J connectivity index is 1.59. The zero-order valence-electron chi connectivity index (χ0n) is 10.6. The zero-order chi connectivity index (χ0) is 14.1. The number of rotatable bonds is 3. The second-order valence-electron chi connectivity index (χ2n) is 5.06. The van der Waals surface area contributed by atoms with Crippen molar-refractivity contribution in [3.8, 4) is 0 Å². The smallest absolute Gasteiger partial charge is 0.143 e. The van der Waals surface area contributed by atoms with Crippen LogP contribution in [0.4, 0.5) is 5.69 Å². The van der Waals surface area contributed by atoms with E-state index in [1.807, 2.05) is 6.07 Å². The molecule has 0 amide bonds. The number of halogens is 3. The monoisotopic (exact) mass is 414 g/mol. The van der Waals surface area contributed by atoms with E-state index in [2.05, 4.69) is 66.4 Å². The Morgan fingerprint density at radius 3 is 2.70 bits per heavy atom. The van der Waals surface area contributed by atoms with Crippen molar-refractivity contribution in [3.63, 3.8) is 0 Å². The van der Waals surface area contributed by atoms with Crippen molar-refractivity contribution in [1.29, 1.82) is 0 Å². The van der Waals surface area contributed by atoms with E-state index in [9.17, 15) is 0 Å². The second-order valence-corrected chi connectivity index (χ2v) is 7.19. The van der Waals surface area contributed by atoms with Crippen LogP contribution in [-0.2, 0) is 0 Å². The molecule has 0 saturated heterocycles. The third-order valence-corrected chi connectivity index (χ3v) is 5.25. The Kier molecular flexibility index (Phi) is 4.34. The molecule has 1 heterocycles. The molecule has 0 radical (unpaired) electrons. The molecule has 0 spiro atoms. The Labute approximate surface area is 140 Å². The minimum Gasteiger partial charge on any atom is -0.381 e. The van der Waals surface area contributed by atoms with Gasteiger partial charge in [-0.05, 0) is 58.5 Å². The van der Waals surface area contributed by atoms with E-state index in [-0.39, 0.29) is 0 Å². The highest BCUT2D eigenvalue weighted by molar-refractivity contribution is 9.10. The highest BCUT2D eigenvalue weighted by Gasteiger charge is 2.30. The van der Waals surface area contributed by atoms with E-state index in [1.54, 1.807) is 6.20 Å². The molecular weight excluding hydrogens is 403 g/mol. The third-order valence-electron chi connectivity index (χ3n) is 3.63. The maximum Gasteiger partial charge on any atom is 0.143 e. The van der Waals surface area contributed by atoms with E-state index in [0.717, 1.165) is 27.5 Å². The zero-order valence-corrected chi connectivity index (χ0v) is 14.5. The molecule has 1 N–H and O–H groups in total. The van der Waals surface area contributed by atoms with Crippen molar-refractivity contribution in [2.45, 2.75) is 24.8 Å². The van der Waals surface area contributed by atoms with Crippen LogP contribution < -0.4 is 5.32 Å². The van der Waals surface area contributed by atoms with Crippen molar-refractivity contribution < 1.29 is 0 Å². The summed E-state index contributed by atoms with van der Waals surface area (Å²) in [7, 11) is 0. The van der Waals surface area contributed by atoms with Gasteiger partial charge in [-0.3, -0.25) is 0 Å². The first-order valence-corrected chi connectivity index (χ1v) is 8.41. The largest absolute Gasteiger partial charge is 0.381 e. The van der Waals surface area contributed by atoms with Gasteiger partial charge in [-0.15, -0.1) is 0 Å². The second kappa shape index (κ2) is 6.04. The fraction of sp³-hybridized carbons (Fsp3) is 0.267. The lowest BCUT2D eigenvalue weighted by Crippen LogP contribution is -2.34. The van der Waals surface area contributed by atoms with E-state index in [0.29, 0.717) is 17.1 Å². The number of pyridine rings is 1. The van der Waals surface area contributed by atoms with Gasteiger partial charge in [0.05, 0.1) is 16.4 Å². The molecule has 1 aliphatic rings. The summed E-state index contributed by atoms with van der Waals surface area (Å²) in [6.45, 7) is 0. The molecule has 0 bridgehead atoms. The quantitative estimate of drug-likeness (QED) is 0.657. The van der Waals surface area contributed by atoms with Gasteiger partial charge in [0.1, 0.15) is 5.15 Å². The topological polar surface area (TPSA) is 24.9 Å². The number of aromatic nitrogens is 1. The Morgan fingerprint density at radius 1 is 1.20 bits per heavy atom. The van der Waals surface area contributed by atoms with Crippen molar-refractivity contribution in [3.05, 3.63) is 56.2 Å².